The van der Waals surface area contributed by atoms with Crippen molar-refractivity contribution in [1.82, 2.24) is 9.62 Å². The summed E-state index contributed by atoms with van der Waals surface area (Å²) in [6, 6.07) is 7.25. The minimum absolute atomic E-state index is 0.143. The van der Waals surface area contributed by atoms with Gasteiger partial charge in [-0.3, -0.25) is 4.79 Å². The van der Waals surface area contributed by atoms with Crippen molar-refractivity contribution in [3.8, 4) is 5.75 Å². The third-order valence-electron chi connectivity index (χ3n) is 3.77. The lowest BCUT2D eigenvalue weighted by Gasteiger charge is -2.31. The molecule has 140 valence electrons. The van der Waals surface area contributed by atoms with Crippen LogP contribution in [0.5, 0.6) is 5.75 Å². The van der Waals surface area contributed by atoms with E-state index in [0.717, 1.165) is 5.56 Å². The highest BCUT2D eigenvalue weighted by molar-refractivity contribution is 7.88. The van der Waals surface area contributed by atoms with E-state index in [1.54, 1.807) is 12.1 Å². The zero-order valence-corrected chi connectivity index (χ0v) is 15.1. The molecule has 1 atom stereocenters. The summed E-state index contributed by atoms with van der Waals surface area (Å²) in [5, 5.41) is 2.79. The molecule has 1 unspecified atom stereocenters. The van der Waals surface area contributed by atoms with E-state index in [9.17, 15) is 13.2 Å². The highest BCUT2D eigenvalue weighted by Gasteiger charge is 2.26. The summed E-state index contributed by atoms with van der Waals surface area (Å²) in [7, 11) is -3.24. The molecule has 8 nitrogen and oxygen atoms in total. The SMILES string of the molecule is CS(=O)(=O)N1CCOC(CNC(=O)Cc2ccc(OCCN)cc2)C1. The van der Waals surface area contributed by atoms with E-state index >= 15 is 0 Å². The zero-order chi connectivity index (χ0) is 18.3. The van der Waals surface area contributed by atoms with Crippen LogP contribution in [0.1, 0.15) is 5.56 Å². The van der Waals surface area contributed by atoms with Crippen molar-refractivity contribution in [2.24, 2.45) is 5.73 Å². The van der Waals surface area contributed by atoms with Crippen LogP contribution in [0, 0.1) is 0 Å². The van der Waals surface area contributed by atoms with Crippen LogP contribution in [0.2, 0.25) is 0 Å². The Kier molecular flexibility index (Phi) is 7.18. The van der Waals surface area contributed by atoms with Gasteiger partial charge in [0, 0.05) is 26.2 Å². The van der Waals surface area contributed by atoms with Gasteiger partial charge in [0.05, 0.1) is 25.4 Å². The molecule has 2 rings (SSSR count). The van der Waals surface area contributed by atoms with Gasteiger partial charge in [-0.1, -0.05) is 12.1 Å². The third kappa shape index (κ3) is 6.62. The molecule has 1 aromatic rings. The summed E-state index contributed by atoms with van der Waals surface area (Å²) < 4.78 is 35.4. The summed E-state index contributed by atoms with van der Waals surface area (Å²) >= 11 is 0. The zero-order valence-electron chi connectivity index (χ0n) is 14.3. The van der Waals surface area contributed by atoms with Crippen LogP contribution in [0.3, 0.4) is 0 Å². The maximum absolute atomic E-state index is 12.0. The van der Waals surface area contributed by atoms with Gasteiger partial charge < -0.3 is 20.5 Å². The Morgan fingerprint density at radius 3 is 2.76 bits per heavy atom. The first-order valence-electron chi connectivity index (χ1n) is 8.13. The lowest BCUT2D eigenvalue weighted by atomic mass is 10.1. The Labute approximate surface area is 148 Å². The fraction of sp³-hybridized carbons (Fsp3) is 0.562. The van der Waals surface area contributed by atoms with Gasteiger partial charge in [-0.25, -0.2) is 8.42 Å². The predicted octanol–water partition coefficient (Wildman–Crippen LogP) is -0.657. The Hall–Kier alpha value is -1.68. The second-order valence-corrected chi connectivity index (χ2v) is 7.86. The molecule has 0 bridgehead atoms. The van der Waals surface area contributed by atoms with Crippen molar-refractivity contribution < 1.29 is 22.7 Å². The Bertz CT molecular complexity index is 663. The lowest BCUT2D eigenvalue weighted by Crippen LogP contribution is -2.49. The first-order valence-corrected chi connectivity index (χ1v) is 9.98. The topological polar surface area (TPSA) is 111 Å². The van der Waals surface area contributed by atoms with Gasteiger partial charge in [-0.2, -0.15) is 4.31 Å². The summed E-state index contributed by atoms with van der Waals surface area (Å²) in [6.07, 6.45) is 1.08. The Morgan fingerprint density at radius 1 is 1.40 bits per heavy atom. The van der Waals surface area contributed by atoms with E-state index in [-0.39, 0.29) is 31.5 Å². The highest BCUT2D eigenvalue weighted by Crippen LogP contribution is 2.12. The monoisotopic (exact) mass is 371 g/mol. The lowest BCUT2D eigenvalue weighted by molar-refractivity contribution is -0.121. The molecule has 1 aliphatic heterocycles. The maximum Gasteiger partial charge on any atom is 0.224 e. The second-order valence-electron chi connectivity index (χ2n) is 5.88. The number of rotatable bonds is 8. The van der Waals surface area contributed by atoms with Gasteiger partial charge in [-0.15, -0.1) is 0 Å². The molecule has 0 radical (unpaired) electrons. The Balaban J connectivity index is 1.76. The summed E-state index contributed by atoms with van der Waals surface area (Å²) in [5.41, 5.74) is 6.24. The average Bonchev–Trinajstić information content (AvgIpc) is 2.59. The van der Waals surface area contributed by atoms with E-state index in [0.29, 0.717) is 32.1 Å². The standard InChI is InChI=1S/C16H25N3O5S/c1-25(21,22)19-7-9-24-15(12-19)11-18-16(20)10-13-2-4-14(5-3-13)23-8-6-17/h2-5,15H,6-12,17H2,1H3,(H,18,20). The largest absolute Gasteiger partial charge is 0.492 e. The number of amides is 1. The smallest absolute Gasteiger partial charge is 0.224 e. The van der Waals surface area contributed by atoms with Crippen molar-refractivity contribution in [3.63, 3.8) is 0 Å². The van der Waals surface area contributed by atoms with Gasteiger partial charge >= 0.3 is 0 Å². The van der Waals surface area contributed by atoms with Crippen molar-refractivity contribution >= 4 is 15.9 Å². The van der Waals surface area contributed by atoms with E-state index in [1.165, 1.54) is 10.6 Å². The van der Waals surface area contributed by atoms with Crippen LogP contribution >= 0.6 is 0 Å². The van der Waals surface area contributed by atoms with E-state index in [2.05, 4.69) is 5.32 Å². The molecule has 1 heterocycles. The van der Waals surface area contributed by atoms with Crippen molar-refractivity contribution in [2.75, 3.05) is 45.6 Å². The van der Waals surface area contributed by atoms with Crippen LogP contribution in [0.4, 0.5) is 0 Å². The molecule has 0 aromatic heterocycles. The van der Waals surface area contributed by atoms with E-state index in [4.69, 9.17) is 15.2 Å². The summed E-state index contributed by atoms with van der Waals surface area (Å²) in [6.45, 7) is 2.12. The van der Waals surface area contributed by atoms with Crippen molar-refractivity contribution in [2.45, 2.75) is 12.5 Å². The predicted molar refractivity (Wildman–Crippen MR) is 93.9 cm³/mol. The third-order valence-corrected chi connectivity index (χ3v) is 5.04. The van der Waals surface area contributed by atoms with Gasteiger partial charge in [0.25, 0.3) is 0 Å². The molecule has 1 aliphatic rings. The molecule has 1 fully saturated rings. The number of nitrogens with two attached hydrogens (primary N) is 1. The fourth-order valence-corrected chi connectivity index (χ4v) is 3.32. The number of ether oxygens (including phenoxy) is 2. The highest BCUT2D eigenvalue weighted by atomic mass is 32.2. The minimum atomic E-state index is -3.24. The number of carbonyl (C=O) groups is 1. The summed E-state index contributed by atoms with van der Waals surface area (Å²) in [5.74, 6) is 0.571. The molecular weight excluding hydrogens is 346 g/mol. The molecule has 1 saturated heterocycles. The number of sulfonamides is 1. The number of morpholine rings is 1. The molecular formula is C16H25N3O5S. The number of nitrogens with zero attached hydrogens (tertiary/aromatic N) is 1. The number of benzene rings is 1. The van der Waals surface area contributed by atoms with Crippen LogP contribution in [-0.2, 0) is 26.0 Å². The number of hydrogen-bond acceptors (Lipinski definition) is 6. The van der Waals surface area contributed by atoms with Crippen LogP contribution in [0.15, 0.2) is 24.3 Å². The second kappa shape index (κ2) is 9.14. The quantitative estimate of drug-likeness (QED) is 0.628. The van der Waals surface area contributed by atoms with Crippen molar-refractivity contribution in [1.29, 1.82) is 0 Å². The first-order chi connectivity index (χ1) is 11.9. The average molecular weight is 371 g/mol. The van der Waals surface area contributed by atoms with Gasteiger partial charge in [0.2, 0.25) is 15.9 Å². The van der Waals surface area contributed by atoms with Gasteiger partial charge in [0.1, 0.15) is 12.4 Å². The van der Waals surface area contributed by atoms with Gasteiger partial charge in [0.15, 0.2) is 0 Å². The number of carbonyl (C=O) groups excluding carboxylic acids is 1. The maximum atomic E-state index is 12.0. The number of hydrogen-bond donors (Lipinski definition) is 2. The Morgan fingerprint density at radius 2 is 2.12 bits per heavy atom. The van der Waals surface area contributed by atoms with Crippen molar-refractivity contribution in [3.05, 3.63) is 29.8 Å². The molecule has 0 saturated carbocycles. The van der Waals surface area contributed by atoms with Crippen LogP contribution in [-0.4, -0.2) is 70.4 Å². The molecule has 9 heteroatoms. The number of nitrogens with one attached hydrogen (secondary N) is 1. The molecule has 1 aromatic carbocycles. The summed E-state index contributed by atoms with van der Waals surface area (Å²) in [4.78, 5) is 12.0. The molecule has 0 aliphatic carbocycles. The fourth-order valence-electron chi connectivity index (χ4n) is 2.47. The van der Waals surface area contributed by atoms with Gasteiger partial charge in [-0.05, 0) is 17.7 Å². The van der Waals surface area contributed by atoms with E-state index in [1.807, 2.05) is 12.1 Å². The van der Waals surface area contributed by atoms with Crippen LogP contribution < -0.4 is 15.8 Å². The molecule has 25 heavy (non-hydrogen) atoms. The molecule has 0 spiro atoms. The minimum Gasteiger partial charge on any atom is -0.492 e. The van der Waals surface area contributed by atoms with E-state index < -0.39 is 10.0 Å². The molecule has 1 amide bonds. The van der Waals surface area contributed by atoms with Crippen LogP contribution in [0.25, 0.3) is 0 Å². The molecule has 3 N–H and O–H groups in total. The normalized spacial score (nSPS) is 18.7. The first kappa shape index (κ1) is 19.6.